The molecule has 0 bridgehead atoms. The first-order valence-electron chi connectivity index (χ1n) is 9.00. The zero-order chi connectivity index (χ0) is 18.8. The number of oxime groups is 1. The van der Waals surface area contributed by atoms with E-state index >= 15 is 0 Å². The first kappa shape index (κ1) is 17.4. The molecule has 27 heavy (non-hydrogen) atoms. The second-order valence-corrected chi connectivity index (χ2v) is 6.68. The zero-order valence-electron chi connectivity index (χ0n) is 15.5. The highest BCUT2D eigenvalue weighted by Gasteiger charge is 2.34. The van der Waals surface area contributed by atoms with Crippen molar-refractivity contribution < 1.29 is 19.1 Å². The summed E-state index contributed by atoms with van der Waals surface area (Å²) in [5.41, 5.74) is 4.00. The minimum absolute atomic E-state index is 0.0230. The molecule has 0 saturated carbocycles. The molecule has 140 valence electrons. The second kappa shape index (κ2) is 7.31. The third kappa shape index (κ3) is 3.35. The van der Waals surface area contributed by atoms with E-state index in [2.05, 4.69) is 17.3 Å². The Labute approximate surface area is 158 Å². The van der Waals surface area contributed by atoms with Crippen molar-refractivity contribution in [2.75, 3.05) is 20.8 Å². The number of benzene rings is 2. The molecule has 0 spiro atoms. The van der Waals surface area contributed by atoms with E-state index < -0.39 is 6.10 Å². The summed E-state index contributed by atoms with van der Waals surface area (Å²) in [7, 11) is 3.22. The van der Waals surface area contributed by atoms with Crippen LogP contribution in [0, 0.1) is 0 Å². The monoisotopic (exact) mass is 366 g/mol. The SMILES string of the molecule is COc1ccc(OC)c(C2=NO[C@@H](C(=O)N3CCc4ccccc4C3)C2)c1. The fourth-order valence-electron chi connectivity index (χ4n) is 3.60. The number of rotatable bonds is 4. The average Bonchev–Trinajstić information content (AvgIpc) is 3.22. The van der Waals surface area contributed by atoms with Crippen LogP contribution in [0.5, 0.6) is 11.5 Å². The Morgan fingerprint density at radius 1 is 1.15 bits per heavy atom. The predicted octanol–water partition coefficient (Wildman–Crippen LogP) is 2.78. The van der Waals surface area contributed by atoms with Gasteiger partial charge < -0.3 is 19.2 Å². The zero-order valence-corrected chi connectivity index (χ0v) is 15.5. The van der Waals surface area contributed by atoms with Gasteiger partial charge in [0, 0.05) is 25.1 Å². The fraction of sp³-hybridized carbons (Fsp3) is 0.333. The molecule has 1 amide bonds. The lowest BCUT2D eigenvalue weighted by atomic mass is 9.98. The molecule has 2 aromatic rings. The van der Waals surface area contributed by atoms with Gasteiger partial charge in [0.25, 0.3) is 5.91 Å². The Morgan fingerprint density at radius 2 is 1.96 bits per heavy atom. The molecule has 1 atom stereocenters. The first-order chi connectivity index (χ1) is 13.2. The van der Waals surface area contributed by atoms with Crippen molar-refractivity contribution in [3.8, 4) is 11.5 Å². The second-order valence-electron chi connectivity index (χ2n) is 6.68. The number of carbonyl (C=O) groups excluding carboxylic acids is 1. The highest BCUT2D eigenvalue weighted by molar-refractivity contribution is 6.06. The molecule has 6 heteroatoms. The Balaban J connectivity index is 1.47. The maximum absolute atomic E-state index is 12.9. The van der Waals surface area contributed by atoms with Gasteiger partial charge in [0.2, 0.25) is 6.10 Å². The number of amides is 1. The van der Waals surface area contributed by atoms with Crippen LogP contribution in [0.1, 0.15) is 23.1 Å². The van der Waals surface area contributed by atoms with Crippen LogP contribution in [-0.2, 0) is 22.6 Å². The third-order valence-corrected chi connectivity index (χ3v) is 5.10. The van der Waals surface area contributed by atoms with Crippen LogP contribution in [0.15, 0.2) is 47.6 Å². The fourth-order valence-corrected chi connectivity index (χ4v) is 3.60. The third-order valence-electron chi connectivity index (χ3n) is 5.10. The predicted molar refractivity (Wildman–Crippen MR) is 101 cm³/mol. The molecule has 0 unspecified atom stereocenters. The lowest BCUT2D eigenvalue weighted by molar-refractivity contribution is -0.143. The van der Waals surface area contributed by atoms with Gasteiger partial charge in [-0.15, -0.1) is 0 Å². The summed E-state index contributed by atoms with van der Waals surface area (Å²) < 4.78 is 10.7. The van der Waals surface area contributed by atoms with Gasteiger partial charge in [0.1, 0.15) is 11.5 Å². The van der Waals surface area contributed by atoms with Crippen LogP contribution in [0.3, 0.4) is 0 Å². The van der Waals surface area contributed by atoms with Gasteiger partial charge in [-0.2, -0.15) is 0 Å². The summed E-state index contributed by atoms with van der Waals surface area (Å²) in [6.45, 7) is 1.32. The van der Waals surface area contributed by atoms with Crippen LogP contribution in [0.25, 0.3) is 0 Å². The minimum atomic E-state index is -0.596. The lowest BCUT2D eigenvalue weighted by Crippen LogP contribution is -2.42. The minimum Gasteiger partial charge on any atom is -0.497 e. The van der Waals surface area contributed by atoms with Gasteiger partial charge in [0.15, 0.2) is 0 Å². The van der Waals surface area contributed by atoms with E-state index in [4.69, 9.17) is 14.3 Å². The highest BCUT2D eigenvalue weighted by atomic mass is 16.6. The number of hydrogen-bond acceptors (Lipinski definition) is 5. The van der Waals surface area contributed by atoms with Crippen LogP contribution in [0.2, 0.25) is 0 Å². The number of carbonyl (C=O) groups is 1. The molecule has 6 nitrogen and oxygen atoms in total. The van der Waals surface area contributed by atoms with E-state index in [1.165, 1.54) is 11.1 Å². The smallest absolute Gasteiger partial charge is 0.267 e. The van der Waals surface area contributed by atoms with Crippen LogP contribution in [0.4, 0.5) is 0 Å². The van der Waals surface area contributed by atoms with Gasteiger partial charge in [-0.05, 0) is 35.7 Å². The lowest BCUT2D eigenvalue weighted by Gasteiger charge is -2.30. The molecule has 0 fully saturated rings. The number of fused-ring (bicyclic) bond motifs is 1. The summed E-state index contributed by atoms with van der Waals surface area (Å²) in [5, 5.41) is 4.17. The number of nitrogens with zero attached hydrogens (tertiary/aromatic N) is 2. The van der Waals surface area contributed by atoms with Crippen molar-refractivity contribution in [2.45, 2.75) is 25.5 Å². The average molecular weight is 366 g/mol. The largest absolute Gasteiger partial charge is 0.497 e. The molecular weight excluding hydrogens is 344 g/mol. The molecule has 4 rings (SSSR count). The molecule has 2 heterocycles. The molecule has 0 radical (unpaired) electrons. The molecular formula is C21H22N2O4. The van der Waals surface area contributed by atoms with Crippen LogP contribution in [-0.4, -0.2) is 43.4 Å². The van der Waals surface area contributed by atoms with Crippen molar-refractivity contribution in [2.24, 2.45) is 5.16 Å². The molecule has 2 aliphatic rings. The Bertz CT molecular complexity index is 894. The normalized spacial score (nSPS) is 18.4. The Kier molecular flexibility index (Phi) is 4.71. The summed E-state index contributed by atoms with van der Waals surface area (Å²) in [4.78, 5) is 20.3. The van der Waals surface area contributed by atoms with E-state index in [-0.39, 0.29) is 5.91 Å². The summed E-state index contributed by atoms with van der Waals surface area (Å²) in [6, 6.07) is 13.8. The van der Waals surface area contributed by atoms with Gasteiger partial charge in [-0.3, -0.25) is 4.79 Å². The van der Waals surface area contributed by atoms with E-state index in [0.29, 0.717) is 36.7 Å². The van der Waals surface area contributed by atoms with E-state index in [9.17, 15) is 4.79 Å². The van der Waals surface area contributed by atoms with Crippen LogP contribution < -0.4 is 9.47 Å². The van der Waals surface area contributed by atoms with Gasteiger partial charge in [-0.1, -0.05) is 29.4 Å². The van der Waals surface area contributed by atoms with E-state index in [0.717, 1.165) is 12.0 Å². The quantitative estimate of drug-likeness (QED) is 0.835. The Hall–Kier alpha value is -3.02. The number of methoxy groups -OCH3 is 2. The van der Waals surface area contributed by atoms with Gasteiger partial charge in [-0.25, -0.2) is 0 Å². The van der Waals surface area contributed by atoms with E-state index in [1.807, 2.05) is 35.2 Å². The molecule has 0 aromatic heterocycles. The first-order valence-corrected chi connectivity index (χ1v) is 9.00. The molecule has 2 aliphatic heterocycles. The summed E-state index contributed by atoms with van der Waals surface area (Å²) in [6.07, 6.45) is 0.688. The van der Waals surface area contributed by atoms with Crippen molar-refractivity contribution in [1.29, 1.82) is 0 Å². The molecule has 0 saturated heterocycles. The number of hydrogen-bond donors (Lipinski definition) is 0. The maximum atomic E-state index is 12.9. The Morgan fingerprint density at radius 3 is 2.74 bits per heavy atom. The van der Waals surface area contributed by atoms with Crippen molar-refractivity contribution in [3.63, 3.8) is 0 Å². The van der Waals surface area contributed by atoms with Gasteiger partial charge >= 0.3 is 0 Å². The number of ether oxygens (including phenoxy) is 2. The molecule has 0 aliphatic carbocycles. The van der Waals surface area contributed by atoms with Crippen molar-refractivity contribution in [3.05, 3.63) is 59.2 Å². The van der Waals surface area contributed by atoms with E-state index in [1.54, 1.807) is 14.2 Å². The van der Waals surface area contributed by atoms with Crippen LogP contribution >= 0.6 is 0 Å². The standard InChI is InChI=1S/C21H22N2O4/c1-25-16-7-8-19(26-2)17(11-16)18-12-20(27-22-18)21(24)23-10-9-14-5-3-4-6-15(14)13-23/h3-8,11,20H,9-10,12-13H2,1-2H3/t20-/m1/s1. The maximum Gasteiger partial charge on any atom is 0.267 e. The molecule has 0 N–H and O–H groups in total. The molecule has 2 aromatic carbocycles. The van der Waals surface area contributed by atoms with Gasteiger partial charge in [0.05, 0.1) is 19.9 Å². The topological polar surface area (TPSA) is 60.4 Å². The summed E-state index contributed by atoms with van der Waals surface area (Å²) in [5.74, 6) is 1.36. The van der Waals surface area contributed by atoms with Crippen molar-refractivity contribution >= 4 is 11.6 Å². The van der Waals surface area contributed by atoms with Crippen molar-refractivity contribution in [1.82, 2.24) is 4.90 Å². The summed E-state index contributed by atoms with van der Waals surface area (Å²) >= 11 is 0. The highest BCUT2D eigenvalue weighted by Crippen LogP contribution is 2.29.